The summed E-state index contributed by atoms with van der Waals surface area (Å²) in [6.45, 7) is 4.93. The van der Waals surface area contributed by atoms with E-state index in [0.29, 0.717) is 11.7 Å². The highest BCUT2D eigenvalue weighted by atomic mass is 15.5. The van der Waals surface area contributed by atoms with E-state index in [1.54, 1.807) is 4.52 Å². The van der Waals surface area contributed by atoms with E-state index < -0.39 is 0 Å². The summed E-state index contributed by atoms with van der Waals surface area (Å²) >= 11 is 0. The van der Waals surface area contributed by atoms with E-state index in [2.05, 4.69) is 57.0 Å². The molecule has 0 radical (unpaired) electrons. The summed E-state index contributed by atoms with van der Waals surface area (Å²) in [4.78, 5) is 4.27. The molecule has 20 heavy (non-hydrogen) atoms. The predicted octanol–water partition coefficient (Wildman–Crippen LogP) is 2.04. The molecule has 1 aromatic carbocycles. The molecule has 3 aromatic rings. The Balaban J connectivity index is 1.78. The fourth-order valence-electron chi connectivity index (χ4n) is 2.14. The molecule has 0 aliphatic rings. The van der Waals surface area contributed by atoms with Gasteiger partial charge in [0.15, 0.2) is 0 Å². The first-order chi connectivity index (χ1) is 9.74. The summed E-state index contributed by atoms with van der Waals surface area (Å²) < 4.78 is 1.62. The van der Waals surface area contributed by atoms with E-state index in [4.69, 9.17) is 0 Å². The van der Waals surface area contributed by atoms with Crippen LogP contribution in [-0.2, 0) is 0 Å². The largest absolute Gasteiger partial charge is 0.369 e. The van der Waals surface area contributed by atoms with Crippen molar-refractivity contribution in [3.8, 4) is 0 Å². The van der Waals surface area contributed by atoms with Crippen molar-refractivity contribution in [1.82, 2.24) is 25.0 Å². The molecule has 0 aliphatic carbocycles. The van der Waals surface area contributed by atoms with Crippen LogP contribution >= 0.6 is 0 Å². The number of fused-ring (bicyclic) bond motifs is 1. The highest BCUT2D eigenvalue weighted by molar-refractivity contribution is 5.44. The smallest absolute Gasteiger partial charge is 0.275 e. The Kier molecular flexibility index (Phi) is 3.28. The van der Waals surface area contributed by atoms with Gasteiger partial charge in [-0.3, -0.25) is 0 Å². The van der Waals surface area contributed by atoms with Crippen molar-refractivity contribution in [2.75, 3.05) is 11.9 Å². The van der Waals surface area contributed by atoms with Crippen LogP contribution in [0.3, 0.4) is 0 Å². The van der Waals surface area contributed by atoms with Crippen LogP contribution in [0, 0.1) is 6.92 Å². The van der Waals surface area contributed by atoms with Gasteiger partial charge in [-0.1, -0.05) is 42.4 Å². The minimum atomic E-state index is 0.399. The van der Waals surface area contributed by atoms with E-state index in [0.717, 1.165) is 18.1 Å². The van der Waals surface area contributed by atoms with Gasteiger partial charge < -0.3 is 5.32 Å². The molecule has 102 valence electrons. The number of nitrogens with one attached hydrogen (secondary N) is 1. The molecule has 0 aliphatic heterocycles. The molecular formula is C14H16N6. The summed E-state index contributed by atoms with van der Waals surface area (Å²) in [7, 11) is 0. The van der Waals surface area contributed by atoms with Crippen molar-refractivity contribution < 1.29 is 0 Å². The first-order valence-electron chi connectivity index (χ1n) is 6.58. The molecule has 2 aromatic heterocycles. The SMILES string of the molecule is Cc1cc(NC[C@H](C)c2ccccc2)n2nnnc2n1. The molecule has 1 N–H and O–H groups in total. The fourth-order valence-corrected chi connectivity index (χ4v) is 2.14. The van der Waals surface area contributed by atoms with E-state index in [1.807, 2.05) is 19.1 Å². The lowest BCUT2D eigenvalue weighted by Gasteiger charge is -2.14. The van der Waals surface area contributed by atoms with E-state index in [-0.39, 0.29) is 0 Å². The lowest BCUT2D eigenvalue weighted by molar-refractivity contribution is 0.778. The molecule has 0 bridgehead atoms. The minimum absolute atomic E-state index is 0.399. The van der Waals surface area contributed by atoms with Gasteiger partial charge in [0.1, 0.15) is 5.82 Å². The van der Waals surface area contributed by atoms with Gasteiger partial charge in [0.2, 0.25) is 0 Å². The van der Waals surface area contributed by atoms with Crippen molar-refractivity contribution >= 4 is 11.6 Å². The predicted molar refractivity (Wildman–Crippen MR) is 76.7 cm³/mol. The Morgan fingerprint density at radius 1 is 1.25 bits per heavy atom. The summed E-state index contributed by atoms with van der Waals surface area (Å²) in [6, 6.07) is 12.4. The third-order valence-corrected chi connectivity index (χ3v) is 3.26. The van der Waals surface area contributed by atoms with Crippen molar-refractivity contribution in [2.45, 2.75) is 19.8 Å². The molecule has 3 rings (SSSR count). The molecule has 0 spiro atoms. The fraction of sp³-hybridized carbons (Fsp3) is 0.286. The van der Waals surface area contributed by atoms with Gasteiger partial charge in [-0.15, -0.1) is 0 Å². The van der Waals surface area contributed by atoms with Crippen LogP contribution in [0.15, 0.2) is 36.4 Å². The summed E-state index contributed by atoms with van der Waals surface area (Å²) in [5.41, 5.74) is 2.20. The third-order valence-electron chi connectivity index (χ3n) is 3.26. The number of tetrazole rings is 1. The Morgan fingerprint density at radius 2 is 2.05 bits per heavy atom. The molecule has 6 nitrogen and oxygen atoms in total. The normalized spacial score (nSPS) is 12.5. The number of nitrogens with zero attached hydrogens (tertiary/aromatic N) is 5. The standard InChI is InChI=1S/C14H16N6/c1-10(12-6-4-3-5-7-12)9-15-13-8-11(2)16-14-17-18-19-20(13)14/h3-8,10,15H,9H2,1-2H3/t10-/m0/s1. The average Bonchev–Trinajstić information content (AvgIpc) is 2.93. The Hall–Kier alpha value is -2.50. The summed E-state index contributed by atoms with van der Waals surface area (Å²) in [5.74, 6) is 1.77. The Labute approximate surface area is 116 Å². The van der Waals surface area contributed by atoms with Crippen LogP contribution < -0.4 is 5.32 Å². The van der Waals surface area contributed by atoms with Gasteiger partial charge in [-0.25, -0.2) is 4.98 Å². The quantitative estimate of drug-likeness (QED) is 0.784. The van der Waals surface area contributed by atoms with Crippen molar-refractivity contribution in [2.24, 2.45) is 0 Å². The van der Waals surface area contributed by atoms with Gasteiger partial charge in [0.05, 0.1) is 0 Å². The number of benzene rings is 1. The van der Waals surface area contributed by atoms with E-state index in [1.165, 1.54) is 5.56 Å². The number of hydrogen-bond acceptors (Lipinski definition) is 5. The Bertz CT molecular complexity index is 706. The van der Waals surface area contributed by atoms with E-state index in [9.17, 15) is 0 Å². The number of aromatic nitrogens is 5. The van der Waals surface area contributed by atoms with Crippen molar-refractivity contribution in [3.63, 3.8) is 0 Å². The van der Waals surface area contributed by atoms with Crippen LogP contribution in [0.4, 0.5) is 5.82 Å². The Morgan fingerprint density at radius 3 is 2.85 bits per heavy atom. The van der Waals surface area contributed by atoms with Crippen LogP contribution in [-0.4, -0.2) is 31.6 Å². The second-order valence-corrected chi connectivity index (χ2v) is 4.87. The maximum Gasteiger partial charge on any atom is 0.275 e. The van der Waals surface area contributed by atoms with Gasteiger partial charge in [0.25, 0.3) is 5.78 Å². The molecule has 0 unspecified atom stereocenters. The zero-order chi connectivity index (χ0) is 13.9. The van der Waals surface area contributed by atoms with Gasteiger partial charge in [-0.05, 0) is 28.8 Å². The molecular weight excluding hydrogens is 252 g/mol. The molecule has 1 atom stereocenters. The van der Waals surface area contributed by atoms with Crippen molar-refractivity contribution in [3.05, 3.63) is 47.7 Å². The molecule has 6 heteroatoms. The van der Waals surface area contributed by atoms with Crippen LogP contribution in [0.2, 0.25) is 0 Å². The van der Waals surface area contributed by atoms with Crippen LogP contribution in [0.1, 0.15) is 24.1 Å². The van der Waals surface area contributed by atoms with Gasteiger partial charge >= 0.3 is 0 Å². The minimum Gasteiger partial charge on any atom is -0.369 e. The first-order valence-corrected chi connectivity index (χ1v) is 6.58. The van der Waals surface area contributed by atoms with Gasteiger partial charge in [0, 0.05) is 18.3 Å². The number of anilines is 1. The second kappa shape index (κ2) is 5.24. The maximum absolute atomic E-state index is 4.27. The average molecular weight is 268 g/mol. The lowest BCUT2D eigenvalue weighted by Crippen LogP contribution is -2.13. The molecule has 0 amide bonds. The lowest BCUT2D eigenvalue weighted by atomic mass is 10.0. The van der Waals surface area contributed by atoms with Crippen LogP contribution in [0.25, 0.3) is 5.78 Å². The number of rotatable bonds is 4. The monoisotopic (exact) mass is 268 g/mol. The van der Waals surface area contributed by atoms with E-state index >= 15 is 0 Å². The molecule has 0 fully saturated rings. The van der Waals surface area contributed by atoms with Crippen LogP contribution in [0.5, 0.6) is 0 Å². The number of aryl methyl sites for hydroxylation is 1. The van der Waals surface area contributed by atoms with Gasteiger partial charge in [-0.2, -0.15) is 4.52 Å². The van der Waals surface area contributed by atoms with Crippen molar-refractivity contribution in [1.29, 1.82) is 0 Å². The summed E-state index contributed by atoms with van der Waals surface area (Å²) in [5, 5.41) is 14.9. The highest BCUT2D eigenvalue weighted by Gasteiger charge is 2.09. The first kappa shape index (κ1) is 12.5. The summed E-state index contributed by atoms with van der Waals surface area (Å²) in [6.07, 6.45) is 0. The topological polar surface area (TPSA) is 68.0 Å². The second-order valence-electron chi connectivity index (χ2n) is 4.87. The number of hydrogen-bond donors (Lipinski definition) is 1. The zero-order valence-electron chi connectivity index (χ0n) is 11.5. The molecule has 0 saturated carbocycles. The highest BCUT2D eigenvalue weighted by Crippen LogP contribution is 2.16. The molecule has 0 saturated heterocycles. The molecule has 2 heterocycles. The maximum atomic E-state index is 4.27. The third kappa shape index (κ3) is 2.45. The zero-order valence-corrected chi connectivity index (χ0v) is 11.5.